The van der Waals surface area contributed by atoms with Gasteiger partial charge in [0.15, 0.2) is 5.82 Å². The maximum Gasteiger partial charge on any atom is 0.246 e. The molecule has 0 spiro atoms. The van der Waals surface area contributed by atoms with Crippen LogP contribution in [0.25, 0.3) is 11.3 Å². The minimum absolute atomic E-state index is 0.145. The van der Waals surface area contributed by atoms with E-state index >= 15 is 0 Å². The molecule has 168 valence electrons. The monoisotopic (exact) mass is 556 g/mol. The summed E-state index contributed by atoms with van der Waals surface area (Å²) in [4.78, 5) is 2.15. The van der Waals surface area contributed by atoms with E-state index in [-0.39, 0.29) is 4.90 Å². The molecule has 0 atom stereocenters. The minimum atomic E-state index is -3.69. The quantitative estimate of drug-likeness (QED) is 0.451. The van der Waals surface area contributed by atoms with Crippen molar-refractivity contribution in [3.8, 4) is 17.0 Å². The van der Waals surface area contributed by atoms with E-state index in [9.17, 15) is 8.42 Å². The molecule has 0 bridgehead atoms. The van der Waals surface area contributed by atoms with Crippen molar-refractivity contribution >= 4 is 55.0 Å². The number of sulfonamides is 1. The van der Waals surface area contributed by atoms with Crippen molar-refractivity contribution in [2.45, 2.75) is 4.90 Å². The highest BCUT2D eigenvalue weighted by atomic mass is 79.9. The molecule has 1 fully saturated rings. The highest BCUT2D eigenvalue weighted by Gasteiger charge is 2.31. The molecule has 0 saturated carbocycles. The van der Waals surface area contributed by atoms with Crippen molar-refractivity contribution < 1.29 is 13.2 Å². The van der Waals surface area contributed by atoms with Crippen molar-refractivity contribution in [3.05, 3.63) is 63.0 Å². The summed E-state index contributed by atoms with van der Waals surface area (Å²) in [6.45, 7) is 1.63. The van der Waals surface area contributed by atoms with Crippen LogP contribution in [0.15, 0.2) is 57.9 Å². The predicted octanol–water partition coefficient (Wildman–Crippen LogP) is 4.73. The number of hydrogen-bond donors (Lipinski definition) is 0. The molecular formula is C21H19BrCl2N4O3S. The topological polar surface area (TPSA) is 75.6 Å². The summed E-state index contributed by atoms with van der Waals surface area (Å²) in [6.07, 6.45) is 0. The number of nitrogens with zero attached hydrogens (tertiary/aromatic N) is 4. The summed E-state index contributed by atoms with van der Waals surface area (Å²) in [5.74, 6) is 0.994. The van der Waals surface area contributed by atoms with Crippen molar-refractivity contribution in [1.82, 2.24) is 14.5 Å². The van der Waals surface area contributed by atoms with E-state index in [2.05, 4.69) is 26.1 Å². The van der Waals surface area contributed by atoms with Crippen molar-refractivity contribution in [2.75, 3.05) is 38.2 Å². The Balaban J connectivity index is 1.47. The Hall–Kier alpha value is -1.91. The second-order valence-corrected chi connectivity index (χ2v) is 10.8. The van der Waals surface area contributed by atoms with Crippen LogP contribution in [0.3, 0.4) is 0 Å². The van der Waals surface area contributed by atoms with Gasteiger partial charge in [-0.05, 0) is 48.5 Å². The Labute approximate surface area is 205 Å². The van der Waals surface area contributed by atoms with Gasteiger partial charge in [-0.1, -0.05) is 39.1 Å². The van der Waals surface area contributed by atoms with Gasteiger partial charge in [0.1, 0.15) is 10.6 Å². The molecule has 1 aliphatic heterocycles. The van der Waals surface area contributed by atoms with Crippen LogP contribution >= 0.6 is 39.1 Å². The fourth-order valence-electron chi connectivity index (χ4n) is 3.48. The zero-order valence-electron chi connectivity index (χ0n) is 17.0. The molecular weight excluding hydrogens is 539 g/mol. The number of ether oxygens (including phenoxy) is 1. The third-order valence-corrected chi connectivity index (χ3v) is 8.12. The van der Waals surface area contributed by atoms with E-state index in [1.54, 1.807) is 36.4 Å². The van der Waals surface area contributed by atoms with Crippen LogP contribution in [0, 0.1) is 0 Å². The lowest BCUT2D eigenvalue weighted by molar-refractivity contribution is 0.373. The zero-order valence-corrected chi connectivity index (χ0v) is 20.9. The molecule has 0 N–H and O–H groups in total. The summed E-state index contributed by atoms with van der Waals surface area (Å²) in [5.41, 5.74) is 1.38. The van der Waals surface area contributed by atoms with Gasteiger partial charge in [-0.15, -0.1) is 10.2 Å². The standard InChI is InChI=1S/C21H19BrCl2N4O3S/c1-31-19-6-2-14(22)12-20(19)32(29,30)28-10-8-27(9-11-28)21-7-5-18(25-26-21)16-4-3-15(23)13-17(16)24/h2-7,12-13H,8-11H2,1H3. The summed E-state index contributed by atoms with van der Waals surface area (Å²) in [7, 11) is -2.24. The van der Waals surface area contributed by atoms with Crippen molar-refractivity contribution in [2.24, 2.45) is 0 Å². The van der Waals surface area contributed by atoms with Gasteiger partial charge in [0, 0.05) is 41.2 Å². The molecule has 1 aromatic heterocycles. The molecule has 11 heteroatoms. The summed E-state index contributed by atoms with van der Waals surface area (Å²) in [6, 6.07) is 13.8. The molecule has 2 heterocycles. The van der Waals surface area contributed by atoms with Crippen LogP contribution in [0.4, 0.5) is 5.82 Å². The first-order chi connectivity index (χ1) is 15.3. The Morgan fingerprint density at radius 1 is 0.969 bits per heavy atom. The zero-order chi connectivity index (χ0) is 22.9. The van der Waals surface area contributed by atoms with Gasteiger partial charge in [-0.3, -0.25) is 0 Å². The van der Waals surface area contributed by atoms with E-state index in [1.165, 1.54) is 11.4 Å². The van der Waals surface area contributed by atoms with Crippen LogP contribution in [0.5, 0.6) is 5.75 Å². The number of aromatic nitrogens is 2. The van der Waals surface area contributed by atoms with Crippen LogP contribution < -0.4 is 9.64 Å². The number of piperazine rings is 1. The molecule has 0 unspecified atom stereocenters. The van der Waals surface area contributed by atoms with Crippen molar-refractivity contribution in [1.29, 1.82) is 0 Å². The first-order valence-corrected chi connectivity index (χ1v) is 12.7. The lowest BCUT2D eigenvalue weighted by Gasteiger charge is -2.34. The molecule has 7 nitrogen and oxygen atoms in total. The molecule has 0 aliphatic carbocycles. The Morgan fingerprint density at radius 2 is 1.72 bits per heavy atom. The smallest absolute Gasteiger partial charge is 0.246 e. The molecule has 0 amide bonds. The fourth-order valence-corrected chi connectivity index (χ4v) is 6.11. The number of anilines is 1. The molecule has 3 aromatic rings. The SMILES string of the molecule is COc1ccc(Br)cc1S(=O)(=O)N1CCN(c2ccc(-c3ccc(Cl)cc3Cl)nn2)CC1. The Morgan fingerprint density at radius 3 is 2.34 bits per heavy atom. The van der Waals surface area contributed by atoms with Gasteiger partial charge in [0.2, 0.25) is 10.0 Å². The largest absolute Gasteiger partial charge is 0.495 e. The summed E-state index contributed by atoms with van der Waals surface area (Å²) < 4.78 is 33.7. The second kappa shape index (κ2) is 9.52. The molecule has 4 rings (SSSR count). The van der Waals surface area contributed by atoms with Gasteiger partial charge in [0.25, 0.3) is 0 Å². The first kappa shape index (κ1) is 23.3. The van der Waals surface area contributed by atoms with Gasteiger partial charge in [-0.2, -0.15) is 4.31 Å². The highest BCUT2D eigenvalue weighted by molar-refractivity contribution is 9.10. The van der Waals surface area contributed by atoms with Crippen LogP contribution in [-0.4, -0.2) is 56.2 Å². The first-order valence-electron chi connectivity index (χ1n) is 9.67. The number of halogens is 3. The molecule has 2 aromatic carbocycles. The lowest BCUT2D eigenvalue weighted by Crippen LogP contribution is -2.49. The van der Waals surface area contributed by atoms with E-state index in [0.717, 1.165) is 5.56 Å². The van der Waals surface area contributed by atoms with Gasteiger partial charge < -0.3 is 9.64 Å². The van der Waals surface area contributed by atoms with Crippen LogP contribution in [0.2, 0.25) is 10.0 Å². The molecule has 1 saturated heterocycles. The number of hydrogen-bond acceptors (Lipinski definition) is 6. The Bertz CT molecular complexity index is 1230. The van der Waals surface area contributed by atoms with E-state index in [1.807, 2.05) is 17.0 Å². The Kier molecular flexibility index (Phi) is 6.92. The van der Waals surface area contributed by atoms with Gasteiger partial charge >= 0.3 is 0 Å². The van der Waals surface area contributed by atoms with E-state index < -0.39 is 10.0 Å². The van der Waals surface area contributed by atoms with Crippen molar-refractivity contribution in [3.63, 3.8) is 0 Å². The second-order valence-electron chi connectivity index (χ2n) is 7.09. The maximum absolute atomic E-state index is 13.2. The number of benzene rings is 2. The number of rotatable bonds is 5. The summed E-state index contributed by atoms with van der Waals surface area (Å²) in [5, 5.41) is 9.66. The predicted molar refractivity (Wildman–Crippen MR) is 129 cm³/mol. The van der Waals surface area contributed by atoms with Gasteiger partial charge in [-0.25, -0.2) is 8.42 Å². The third kappa shape index (κ3) is 4.72. The average molecular weight is 558 g/mol. The van der Waals surface area contributed by atoms with Gasteiger partial charge in [0.05, 0.1) is 17.8 Å². The van der Waals surface area contributed by atoms with Crippen LogP contribution in [-0.2, 0) is 10.0 Å². The van der Waals surface area contributed by atoms with E-state index in [4.69, 9.17) is 27.9 Å². The highest BCUT2D eigenvalue weighted by Crippen LogP contribution is 2.31. The van der Waals surface area contributed by atoms with E-state index in [0.29, 0.717) is 58.0 Å². The maximum atomic E-state index is 13.2. The lowest BCUT2D eigenvalue weighted by atomic mass is 10.1. The summed E-state index contributed by atoms with van der Waals surface area (Å²) >= 11 is 15.5. The average Bonchev–Trinajstić information content (AvgIpc) is 2.79. The normalized spacial score (nSPS) is 15.1. The molecule has 32 heavy (non-hydrogen) atoms. The number of methoxy groups -OCH3 is 1. The van der Waals surface area contributed by atoms with Crippen LogP contribution in [0.1, 0.15) is 0 Å². The molecule has 0 radical (unpaired) electrons. The molecule has 1 aliphatic rings. The minimum Gasteiger partial charge on any atom is -0.495 e. The third-order valence-electron chi connectivity index (χ3n) is 5.16. The fraction of sp³-hybridized carbons (Fsp3) is 0.238.